The summed E-state index contributed by atoms with van der Waals surface area (Å²) in [4.78, 5) is 24.5. The van der Waals surface area contributed by atoms with Gasteiger partial charge < -0.3 is 16.0 Å². The molecular formula is C11H21N3O2. The van der Waals surface area contributed by atoms with Crippen molar-refractivity contribution in [3.63, 3.8) is 0 Å². The number of amides is 2. The maximum absolute atomic E-state index is 11.5. The van der Waals surface area contributed by atoms with E-state index in [1.54, 1.807) is 4.90 Å². The van der Waals surface area contributed by atoms with Crippen LogP contribution in [0.5, 0.6) is 0 Å². The third-order valence-corrected chi connectivity index (χ3v) is 2.66. The molecule has 1 saturated heterocycles. The molecule has 0 aromatic rings. The van der Waals surface area contributed by atoms with E-state index in [1.807, 2.05) is 13.8 Å². The summed E-state index contributed by atoms with van der Waals surface area (Å²) in [6.07, 6.45) is 1.07. The lowest BCUT2D eigenvalue weighted by molar-refractivity contribution is -0.129. The zero-order valence-electron chi connectivity index (χ0n) is 10.0. The highest BCUT2D eigenvalue weighted by atomic mass is 16.2. The summed E-state index contributed by atoms with van der Waals surface area (Å²) in [6, 6.07) is -0.362. The van der Waals surface area contributed by atoms with Crippen LogP contribution in [0.15, 0.2) is 0 Å². The van der Waals surface area contributed by atoms with E-state index in [-0.39, 0.29) is 17.9 Å². The van der Waals surface area contributed by atoms with E-state index in [4.69, 9.17) is 5.73 Å². The maximum Gasteiger partial charge on any atom is 0.239 e. The van der Waals surface area contributed by atoms with Gasteiger partial charge in [-0.25, -0.2) is 0 Å². The Labute approximate surface area is 96.4 Å². The van der Waals surface area contributed by atoms with E-state index >= 15 is 0 Å². The smallest absolute Gasteiger partial charge is 0.239 e. The van der Waals surface area contributed by atoms with Gasteiger partial charge in [-0.1, -0.05) is 13.8 Å². The van der Waals surface area contributed by atoms with E-state index in [0.29, 0.717) is 38.4 Å². The zero-order valence-corrected chi connectivity index (χ0v) is 10.0. The number of hydrogen-bond acceptors (Lipinski definition) is 3. The average molecular weight is 227 g/mol. The summed E-state index contributed by atoms with van der Waals surface area (Å²) in [7, 11) is 0. The fourth-order valence-corrected chi connectivity index (χ4v) is 1.63. The van der Waals surface area contributed by atoms with Gasteiger partial charge in [-0.05, 0) is 12.3 Å². The molecule has 0 spiro atoms. The van der Waals surface area contributed by atoms with Crippen molar-refractivity contribution in [2.45, 2.75) is 32.7 Å². The predicted molar refractivity (Wildman–Crippen MR) is 61.6 cm³/mol. The first-order valence-electron chi connectivity index (χ1n) is 5.81. The molecule has 1 unspecified atom stereocenters. The van der Waals surface area contributed by atoms with Gasteiger partial charge in [0.2, 0.25) is 11.8 Å². The molecule has 92 valence electrons. The van der Waals surface area contributed by atoms with Crippen LogP contribution in [0.1, 0.15) is 26.7 Å². The molecule has 0 aliphatic carbocycles. The quantitative estimate of drug-likeness (QED) is 0.677. The van der Waals surface area contributed by atoms with Gasteiger partial charge >= 0.3 is 0 Å². The monoisotopic (exact) mass is 227 g/mol. The lowest BCUT2D eigenvalue weighted by Gasteiger charge is -2.15. The Bertz CT molecular complexity index is 266. The van der Waals surface area contributed by atoms with Crippen LogP contribution in [0.3, 0.4) is 0 Å². The van der Waals surface area contributed by atoms with Gasteiger partial charge in [-0.3, -0.25) is 9.59 Å². The number of nitrogens with two attached hydrogens (primary N) is 1. The minimum Gasteiger partial charge on any atom is -0.356 e. The van der Waals surface area contributed by atoms with Crippen molar-refractivity contribution in [3.8, 4) is 0 Å². The highest BCUT2D eigenvalue weighted by Crippen LogP contribution is 2.08. The predicted octanol–water partition coefficient (Wildman–Crippen LogP) is -0.292. The van der Waals surface area contributed by atoms with E-state index in [2.05, 4.69) is 5.32 Å². The van der Waals surface area contributed by atoms with Crippen LogP contribution in [-0.4, -0.2) is 42.4 Å². The molecular weight excluding hydrogens is 206 g/mol. The third-order valence-electron chi connectivity index (χ3n) is 2.66. The standard InChI is InChI=1S/C11H21N3O2/c1-8(2)7-13-10(15)4-6-14-5-3-9(12)11(14)16/h8-9H,3-7,12H2,1-2H3,(H,13,15). The van der Waals surface area contributed by atoms with Gasteiger partial charge in [0.25, 0.3) is 0 Å². The summed E-state index contributed by atoms with van der Waals surface area (Å²) in [5, 5.41) is 2.82. The lowest BCUT2D eigenvalue weighted by Crippen LogP contribution is -2.37. The number of nitrogens with zero attached hydrogens (tertiary/aromatic N) is 1. The van der Waals surface area contributed by atoms with Crippen LogP contribution in [0.4, 0.5) is 0 Å². The normalized spacial score (nSPS) is 20.6. The second-order valence-electron chi connectivity index (χ2n) is 4.67. The van der Waals surface area contributed by atoms with Crippen LogP contribution in [0.25, 0.3) is 0 Å². The number of carbonyl (C=O) groups is 2. The van der Waals surface area contributed by atoms with Crippen molar-refractivity contribution < 1.29 is 9.59 Å². The Kier molecular flexibility index (Phi) is 4.73. The maximum atomic E-state index is 11.5. The van der Waals surface area contributed by atoms with E-state index < -0.39 is 0 Å². The Balaban J connectivity index is 2.19. The van der Waals surface area contributed by atoms with Gasteiger partial charge in [0.05, 0.1) is 6.04 Å². The topological polar surface area (TPSA) is 75.4 Å². The van der Waals surface area contributed by atoms with Crippen molar-refractivity contribution >= 4 is 11.8 Å². The molecule has 0 aromatic heterocycles. The van der Waals surface area contributed by atoms with Gasteiger partial charge in [0.15, 0.2) is 0 Å². The second kappa shape index (κ2) is 5.84. The molecule has 0 saturated carbocycles. The molecule has 1 aliphatic rings. The van der Waals surface area contributed by atoms with Gasteiger partial charge in [-0.2, -0.15) is 0 Å². The van der Waals surface area contributed by atoms with Crippen LogP contribution >= 0.6 is 0 Å². The van der Waals surface area contributed by atoms with Crippen LogP contribution in [-0.2, 0) is 9.59 Å². The summed E-state index contributed by atoms with van der Waals surface area (Å²) < 4.78 is 0. The number of hydrogen-bond donors (Lipinski definition) is 2. The minimum absolute atomic E-state index is 0.00183. The van der Waals surface area contributed by atoms with Crippen LogP contribution in [0, 0.1) is 5.92 Å². The van der Waals surface area contributed by atoms with Gasteiger partial charge in [0, 0.05) is 26.1 Å². The Morgan fingerprint density at radius 3 is 2.81 bits per heavy atom. The Morgan fingerprint density at radius 2 is 2.31 bits per heavy atom. The van der Waals surface area contributed by atoms with Crippen molar-refractivity contribution in [3.05, 3.63) is 0 Å². The van der Waals surface area contributed by atoms with Crippen LogP contribution < -0.4 is 11.1 Å². The summed E-state index contributed by atoms with van der Waals surface area (Å²) in [5.74, 6) is 0.421. The first kappa shape index (κ1) is 13.0. The minimum atomic E-state index is -0.362. The molecule has 5 heteroatoms. The van der Waals surface area contributed by atoms with Gasteiger partial charge in [0.1, 0.15) is 0 Å². The molecule has 1 fully saturated rings. The first-order chi connectivity index (χ1) is 7.50. The summed E-state index contributed by atoms with van der Waals surface area (Å²) in [6.45, 7) is 5.94. The fraction of sp³-hybridized carbons (Fsp3) is 0.818. The zero-order chi connectivity index (χ0) is 12.1. The second-order valence-corrected chi connectivity index (χ2v) is 4.67. The Morgan fingerprint density at radius 1 is 1.62 bits per heavy atom. The van der Waals surface area contributed by atoms with Gasteiger partial charge in [-0.15, -0.1) is 0 Å². The summed E-state index contributed by atoms with van der Waals surface area (Å²) >= 11 is 0. The molecule has 2 amide bonds. The molecule has 16 heavy (non-hydrogen) atoms. The van der Waals surface area contributed by atoms with Crippen molar-refractivity contribution in [2.24, 2.45) is 11.7 Å². The van der Waals surface area contributed by atoms with E-state index in [0.717, 1.165) is 0 Å². The summed E-state index contributed by atoms with van der Waals surface area (Å²) in [5.41, 5.74) is 5.58. The van der Waals surface area contributed by atoms with Crippen molar-refractivity contribution in [1.82, 2.24) is 10.2 Å². The molecule has 0 bridgehead atoms. The Hall–Kier alpha value is -1.10. The van der Waals surface area contributed by atoms with Crippen LogP contribution in [0.2, 0.25) is 0 Å². The highest BCUT2D eigenvalue weighted by Gasteiger charge is 2.28. The third kappa shape index (κ3) is 3.81. The average Bonchev–Trinajstić information content (AvgIpc) is 2.54. The first-order valence-corrected chi connectivity index (χ1v) is 5.81. The molecule has 1 rings (SSSR count). The molecule has 1 atom stereocenters. The van der Waals surface area contributed by atoms with E-state index in [9.17, 15) is 9.59 Å². The number of likely N-dealkylation sites (tertiary alicyclic amines) is 1. The molecule has 0 aromatic carbocycles. The SMILES string of the molecule is CC(C)CNC(=O)CCN1CCC(N)C1=O. The molecule has 0 radical (unpaired) electrons. The molecule has 5 nitrogen and oxygen atoms in total. The number of rotatable bonds is 5. The van der Waals surface area contributed by atoms with Crippen molar-refractivity contribution in [2.75, 3.05) is 19.6 Å². The lowest BCUT2D eigenvalue weighted by atomic mass is 10.2. The van der Waals surface area contributed by atoms with E-state index in [1.165, 1.54) is 0 Å². The van der Waals surface area contributed by atoms with Crippen molar-refractivity contribution in [1.29, 1.82) is 0 Å². The molecule has 3 N–H and O–H groups in total. The number of carbonyl (C=O) groups excluding carboxylic acids is 2. The number of nitrogens with one attached hydrogen (secondary N) is 1. The molecule has 1 aliphatic heterocycles. The molecule has 1 heterocycles. The fourth-order valence-electron chi connectivity index (χ4n) is 1.63. The largest absolute Gasteiger partial charge is 0.356 e. The highest BCUT2D eigenvalue weighted by molar-refractivity contribution is 5.84.